The van der Waals surface area contributed by atoms with Gasteiger partial charge in [-0.2, -0.15) is 5.10 Å². The minimum Gasteiger partial charge on any atom is -0.334 e. The highest BCUT2D eigenvalue weighted by Gasteiger charge is 2.13. The number of amides is 1. The summed E-state index contributed by atoms with van der Waals surface area (Å²) in [7, 11) is 0. The van der Waals surface area contributed by atoms with Crippen molar-refractivity contribution < 1.29 is 14.1 Å². The second-order valence-corrected chi connectivity index (χ2v) is 7.08. The second-order valence-electron chi connectivity index (χ2n) is 6.14. The Morgan fingerprint density at radius 3 is 2.74 bits per heavy atom. The van der Waals surface area contributed by atoms with Crippen LogP contribution in [-0.2, 0) is 4.79 Å². The number of anilines is 2. The molecule has 0 radical (unpaired) electrons. The molecule has 0 spiro atoms. The van der Waals surface area contributed by atoms with Crippen LogP contribution in [0.15, 0.2) is 58.8 Å². The molecule has 1 heterocycles. The number of halogens is 1. The number of thioether (sulfide) groups is 1. The molecule has 1 aromatic heterocycles. The average molecular weight is 444 g/mol. The number of nitrogen functional groups attached to an aromatic ring is 1. The number of aromatic nitrogens is 3. The Bertz CT molecular complexity index is 1130. The van der Waals surface area contributed by atoms with Gasteiger partial charge in [-0.25, -0.2) is 14.5 Å². The first-order valence-electron chi connectivity index (χ1n) is 8.77. The summed E-state index contributed by atoms with van der Waals surface area (Å²) in [4.78, 5) is 22.4. The first kappa shape index (κ1) is 21.7. The molecule has 0 aliphatic rings. The van der Waals surface area contributed by atoms with Gasteiger partial charge >= 0.3 is 0 Å². The van der Waals surface area contributed by atoms with Crippen LogP contribution in [0, 0.1) is 15.9 Å². The van der Waals surface area contributed by atoms with Crippen LogP contribution in [0.5, 0.6) is 0 Å². The third-order valence-corrected chi connectivity index (χ3v) is 4.87. The Labute approximate surface area is 179 Å². The van der Waals surface area contributed by atoms with E-state index >= 15 is 0 Å². The van der Waals surface area contributed by atoms with E-state index in [-0.39, 0.29) is 28.4 Å². The number of non-ortho nitro benzene ring substituents is 1. The number of rotatable bonds is 8. The summed E-state index contributed by atoms with van der Waals surface area (Å²) in [5.41, 5.74) is 4.14. The Morgan fingerprint density at radius 2 is 2.03 bits per heavy atom. The lowest BCUT2D eigenvalue weighted by molar-refractivity contribution is -0.384. The van der Waals surface area contributed by atoms with Crippen molar-refractivity contribution in [3.63, 3.8) is 0 Å². The zero-order chi connectivity index (χ0) is 22.4. The minimum atomic E-state index is -0.546. The van der Waals surface area contributed by atoms with Crippen molar-refractivity contribution in [2.75, 3.05) is 22.3 Å². The molecule has 0 bridgehead atoms. The van der Waals surface area contributed by atoms with Gasteiger partial charge in [-0.05, 0) is 30.7 Å². The molecule has 4 N–H and O–H groups in total. The summed E-state index contributed by atoms with van der Waals surface area (Å²) in [6, 6.07) is 11.4. The predicted octanol–water partition coefficient (Wildman–Crippen LogP) is 2.61. The molecule has 0 unspecified atom stereocenters. The number of nitro benzene ring substituents is 1. The quantitative estimate of drug-likeness (QED) is 0.158. The molecule has 0 fully saturated rings. The number of carbonyl (C=O) groups excluding carboxylic acids is 1. The maximum absolute atomic E-state index is 13.0. The van der Waals surface area contributed by atoms with Gasteiger partial charge in [-0.1, -0.05) is 30.0 Å². The van der Waals surface area contributed by atoms with Gasteiger partial charge in [-0.15, -0.1) is 10.2 Å². The molecule has 11 nitrogen and oxygen atoms in total. The van der Waals surface area contributed by atoms with Crippen molar-refractivity contribution in [3.8, 4) is 0 Å². The molecule has 0 atom stereocenters. The summed E-state index contributed by atoms with van der Waals surface area (Å²) >= 11 is 1.03. The van der Waals surface area contributed by atoms with Crippen molar-refractivity contribution in [3.05, 3.63) is 70.0 Å². The summed E-state index contributed by atoms with van der Waals surface area (Å²) in [5.74, 6) is 5.28. The lowest BCUT2D eigenvalue weighted by Crippen LogP contribution is -2.17. The van der Waals surface area contributed by atoms with Crippen molar-refractivity contribution in [2.45, 2.75) is 12.1 Å². The summed E-state index contributed by atoms with van der Waals surface area (Å²) in [5, 5.41) is 25.5. The largest absolute Gasteiger partial charge is 0.334 e. The van der Waals surface area contributed by atoms with Gasteiger partial charge in [0.25, 0.3) is 11.6 Å². The molecule has 3 rings (SSSR count). The first-order valence-corrected chi connectivity index (χ1v) is 9.76. The number of nitrogens with one attached hydrogen (secondary N) is 2. The van der Waals surface area contributed by atoms with Crippen LogP contribution < -0.4 is 16.6 Å². The number of carbonyl (C=O) groups is 1. The van der Waals surface area contributed by atoms with E-state index in [0.29, 0.717) is 17.0 Å². The Balaban J connectivity index is 1.57. The van der Waals surface area contributed by atoms with E-state index in [1.54, 1.807) is 25.1 Å². The van der Waals surface area contributed by atoms with Crippen molar-refractivity contribution >= 4 is 40.7 Å². The van der Waals surface area contributed by atoms with E-state index < -0.39 is 10.8 Å². The number of nitrogens with zero attached hydrogens (tertiary/aromatic N) is 5. The Hall–Kier alpha value is -4.00. The van der Waals surface area contributed by atoms with Gasteiger partial charge in [0, 0.05) is 17.8 Å². The topological polar surface area (TPSA) is 153 Å². The van der Waals surface area contributed by atoms with Gasteiger partial charge in [-0.3, -0.25) is 14.9 Å². The molecular weight excluding hydrogens is 427 g/mol. The van der Waals surface area contributed by atoms with Crippen LogP contribution >= 0.6 is 11.8 Å². The van der Waals surface area contributed by atoms with Crippen molar-refractivity contribution in [2.24, 2.45) is 5.10 Å². The fourth-order valence-corrected chi connectivity index (χ4v) is 3.02. The van der Waals surface area contributed by atoms with Gasteiger partial charge in [0.1, 0.15) is 5.82 Å². The summed E-state index contributed by atoms with van der Waals surface area (Å²) < 4.78 is 14.1. The monoisotopic (exact) mass is 444 g/mol. The van der Waals surface area contributed by atoms with Gasteiger partial charge in [0.15, 0.2) is 0 Å². The van der Waals surface area contributed by atoms with Gasteiger partial charge in [0.2, 0.25) is 11.1 Å². The number of hydrogen-bond acceptors (Lipinski definition) is 9. The van der Waals surface area contributed by atoms with Crippen molar-refractivity contribution in [1.29, 1.82) is 0 Å². The van der Waals surface area contributed by atoms with E-state index in [4.69, 9.17) is 5.84 Å². The average Bonchev–Trinajstić information content (AvgIpc) is 3.10. The standard InChI is InChI=1S/C18H17FN8O3S/c1-11(12-5-7-13(19)8-6-12)22-23-17-24-25-18(26(17)20)31-10-16(28)21-14-3-2-4-15(9-14)27(29)30/h2-9H,10,20H2,1H3,(H,21,28)(H,23,24)/b22-11+. The van der Waals surface area contributed by atoms with E-state index in [2.05, 4.69) is 26.0 Å². The molecule has 3 aromatic rings. The highest BCUT2D eigenvalue weighted by atomic mass is 32.2. The Morgan fingerprint density at radius 1 is 1.29 bits per heavy atom. The maximum Gasteiger partial charge on any atom is 0.271 e. The van der Waals surface area contributed by atoms with Crippen LogP contribution in [0.25, 0.3) is 0 Å². The van der Waals surface area contributed by atoms with Crippen LogP contribution in [0.1, 0.15) is 12.5 Å². The molecule has 0 saturated carbocycles. The first-order chi connectivity index (χ1) is 14.8. The molecule has 1 amide bonds. The summed E-state index contributed by atoms with van der Waals surface area (Å²) in [6.07, 6.45) is 0. The number of hydrazone groups is 1. The molecule has 31 heavy (non-hydrogen) atoms. The van der Waals surface area contributed by atoms with Crippen LogP contribution in [0.2, 0.25) is 0 Å². The van der Waals surface area contributed by atoms with E-state index in [1.165, 1.54) is 30.3 Å². The lowest BCUT2D eigenvalue weighted by Gasteiger charge is -2.06. The number of nitrogens with two attached hydrogens (primary N) is 1. The van der Waals surface area contributed by atoms with E-state index in [0.717, 1.165) is 16.4 Å². The maximum atomic E-state index is 13.0. The highest BCUT2D eigenvalue weighted by Crippen LogP contribution is 2.19. The molecule has 0 aliphatic carbocycles. The number of benzene rings is 2. The molecule has 160 valence electrons. The van der Waals surface area contributed by atoms with Crippen LogP contribution in [0.3, 0.4) is 0 Å². The smallest absolute Gasteiger partial charge is 0.271 e. The number of nitro groups is 1. The minimum absolute atomic E-state index is 0.0457. The summed E-state index contributed by atoms with van der Waals surface area (Å²) in [6.45, 7) is 1.73. The van der Waals surface area contributed by atoms with Gasteiger partial charge < -0.3 is 11.2 Å². The molecule has 13 heteroatoms. The Kier molecular flexibility index (Phi) is 6.77. The van der Waals surface area contributed by atoms with Crippen LogP contribution in [-0.4, -0.2) is 37.2 Å². The third-order valence-electron chi connectivity index (χ3n) is 3.92. The highest BCUT2D eigenvalue weighted by molar-refractivity contribution is 7.99. The normalized spacial score (nSPS) is 11.2. The fraction of sp³-hybridized carbons (Fsp3) is 0.111. The zero-order valence-electron chi connectivity index (χ0n) is 16.2. The second kappa shape index (κ2) is 9.67. The molecule has 0 aliphatic heterocycles. The van der Waals surface area contributed by atoms with E-state index in [9.17, 15) is 19.3 Å². The lowest BCUT2D eigenvalue weighted by atomic mass is 10.1. The SMILES string of the molecule is C/C(=N\Nc1nnc(SCC(=O)Nc2cccc([N+](=O)[O-])c2)n1N)c1ccc(F)cc1. The molecule has 2 aromatic carbocycles. The molecular formula is C18H17FN8O3S. The predicted molar refractivity (Wildman–Crippen MR) is 115 cm³/mol. The third kappa shape index (κ3) is 5.76. The van der Waals surface area contributed by atoms with Crippen LogP contribution in [0.4, 0.5) is 21.7 Å². The van der Waals surface area contributed by atoms with E-state index in [1.807, 2.05) is 0 Å². The zero-order valence-corrected chi connectivity index (χ0v) is 17.0. The van der Waals surface area contributed by atoms with Crippen molar-refractivity contribution in [1.82, 2.24) is 14.9 Å². The number of hydrogen-bond donors (Lipinski definition) is 3. The molecule has 0 saturated heterocycles. The van der Waals surface area contributed by atoms with Gasteiger partial charge in [0.05, 0.1) is 16.4 Å². The fourth-order valence-electron chi connectivity index (χ4n) is 2.37.